The Labute approximate surface area is 120 Å². The highest BCUT2D eigenvalue weighted by Crippen LogP contribution is 2.17. The van der Waals surface area contributed by atoms with Crippen LogP contribution >= 0.6 is 11.8 Å². The van der Waals surface area contributed by atoms with Gasteiger partial charge in [-0.25, -0.2) is 9.97 Å². The predicted octanol–water partition coefficient (Wildman–Crippen LogP) is 3.02. The van der Waals surface area contributed by atoms with Crippen LogP contribution < -0.4 is 5.32 Å². The van der Waals surface area contributed by atoms with Gasteiger partial charge in [-0.2, -0.15) is 5.26 Å². The van der Waals surface area contributed by atoms with Crippen molar-refractivity contribution < 1.29 is 0 Å². The van der Waals surface area contributed by atoms with Crippen molar-refractivity contribution in [3.8, 4) is 6.07 Å². The second-order valence-corrected chi connectivity index (χ2v) is 5.77. The van der Waals surface area contributed by atoms with Crippen molar-refractivity contribution in [2.24, 2.45) is 0 Å². The molecule has 1 rings (SSSR count). The van der Waals surface area contributed by atoms with Crippen LogP contribution in [0.15, 0.2) is 23.6 Å². The van der Waals surface area contributed by atoms with Gasteiger partial charge < -0.3 is 0 Å². The minimum atomic E-state index is -0.385. The number of thioether (sulfide) groups is 1. The van der Waals surface area contributed by atoms with Gasteiger partial charge in [0.2, 0.25) is 0 Å². The van der Waals surface area contributed by atoms with E-state index in [0.29, 0.717) is 0 Å². The second-order valence-electron chi connectivity index (χ2n) is 4.71. The minimum Gasteiger partial charge on any atom is -0.300 e. The maximum atomic E-state index is 9.21. The van der Waals surface area contributed by atoms with Crippen LogP contribution in [0.5, 0.6) is 0 Å². The first-order valence-electron chi connectivity index (χ1n) is 6.76. The Morgan fingerprint density at radius 1 is 1.37 bits per heavy atom. The van der Waals surface area contributed by atoms with E-state index < -0.39 is 0 Å². The number of nitrogens with one attached hydrogen (secondary N) is 1. The van der Waals surface area contributed by atoms with E-state index in [2.05, 4.69) is 28.3 Å². The fraction of sp³-hybridized carbons (Fsp3) is 0.643. The lowest BCUT2D eigenvalue weighted by molar-refractivity contribution is 0.406. The molecule has 1 aromatic rings. The summed E-state index contributed by atoms with van der Waals surface area (Å²) in [4.78, 5) is 8.34. The normalized spacial score (nSPS) is 13.7. The third kappa shape index (κ3) is 6.55. The van der Waals surface area contributed by atoms with Crippen molar-refractivity contribution in [2.45, 2.75) is 50.2 Å². The molecule has 0 bridgehead atoms. The Kier molecular flexibility index (Phi) is 7.46. The molecule has 4 nitrogen and oxygen atoms in total. The molecule has 1 atom stereocenters. The lowest BCUT2D eigenvalue weighted by Crippen LogP contribution is -2.41. The van der Waals surface area contributed by atoms with Gasteiger partial charge in [0.25, 0.3) is 0 Å². The number of hydrogen-bond acceptors (Lipinski definition) is 5. The third-order valence-electron chi connectivity index (χ3n) is 2.86. The van der Waals surface area contributed by atoms with Gasteiger partial charge in [0.05, 0.1) is 6.07 Å². The second kappa shape index (κ2) is 8.89. The average Bonchev–Trinajstić information content (AvgIpc) is 2.46. The first-order chi connectivity index (χ1) is 9.20. The first kappa shape index (κ1) is 15.9. The topological polar surface area (TPSA) is 61.6 Å². The molecule has 1 aromatic heterocycles. The zero-order chi connectivity index (χ0) is 14.0. The summed E-state index contributed by atoms with van der Waals surface area (Å²) in [5.41, 5.74) is -0.385. The summed E-state index contributed by atoms with van der Waals surface area (Å²) >= 11 is 1.67. The number of aromatic nitrogens is 2. The van der Waals surface area contributed by atoms with Crippen molar-refractivity contribution in [3.63, 3.8) is 0 Å². The summed E-state index contributed by atoms with van der Waals surface area (Å²) in [6.45, 7) is 4.99. The molecule has 0 amide bonds. The van der Waals surface area contributed by atoms with Crippen molar-refractivity contribution in [3.05, 3.63) is 18.5 Å². The molecule has 5 heteroatoms. The summed E-state index contributed by atoms with van der Waals surface area (Å²) in [5, 5.41) is 13.3. The van der Waals surface area contributed by atoms with Crippen LogP contribution in [-0.2, 0) is 0 Å². The molecule has 0 aliphatic heterocycles. The van der Waals surface area contributed by atoms with Gasteiger partial charge in [-0.3, -0.25) is 5.32 Å². The zero-order valence-corrected chi connectivity index (χ0v) is 12.5. The molecule has 0 aliphatic carbocycles. The van der Waals surface area contributed by atoms with E-state index in [-0.39, 0.29) is 5.54 Å². The molecule has 104 valence electrons. The molecule has 0 saturated heterocycles. The van der Waals surface area contributed by atoms with Crippen LogP contribution in [0.2, 0.25) is 0 Å². The van der Waals surface area contributed by atoms with E-state index in [1.807, 2.05) is 13.0 Å². The molecule has 19 heavy (non-hydrogen) atoms. The van der Waals surface area contributed by atoms with Crippen LogP contribution in [0, 0.1) is 11.3 Å². The smallest absolute Gasteiger partial charge is 0.187 e. The van der Waals surface area contributed by atoms with Gasteiger partial charge in [0.15, 0.2) is 5.16 Å². The Balaban J connectivity index is 2.17. The molecule has 1 unspecified atom stereocenters. The van der Waals surface area contributed by atoms with E-state index >= 15 is 0 Å². The predicted molar refractivity (Wildman–Crippen MR) is 78.9 cm³/mol. The SMILES string of the molecule is CCCNC(C)(C#N)CCCCSc1ncccn1. The quantitative estimate of drug-likeness (QED) is 0.427. The summed E-state index contributed by atoms with van der Waals surface area (Å²) < 4.78 is 0. The van der Waals surface area contributed by atoms with Crippen LogP contribution in [-0.4, -0.2) is 27.8 Å². The van der Waals surface area contributed by atoms with Gasteiger partial charge in [-0.15, -0.1) is 0 Å². The molecule has 0 radical (unpaired) electrons. The molecule has 1 N–H and O–H groups in total. The van der Waals surface area contributed by atoms with Crippen LogP contribution in [0.4, 0.5) is 0 Å². The number of unbranched alkanes of at least 4 members (excludes halogenated alkanes) is 1. The van der Waals surface area contributed by atoms with E-state index in [0.717, 1.165) is 43.1 Å². The summed E-state index contributed by atoms with van der Waals surface area (Å²) in [6, 6.07) is 4.20. The maximum absolute atomic E-state index is 9.21. The minimum absolute atomic E-state index is 0.385. The highest BCUT2D eigenvalue weighted by Gasteiger charge is 2.21. The van der Waals surface area contributed by atoms with Gasteiger partial charge in [-0.05, 0) is 45.2 Å². The average molecular weight is 278 g/mol. The van der Waals surface area contributed by atoms with Crippen LogP contribution in [0.1, 0.15) is 39.5 Å². The van der Waals surface area contributed by atoms with Crippen molar-refractivity contribution in [1.29, 1.82) is 5.26 Å². The Morgan fingerprint density at radius 2 is 2.11 bits per heavy atom. The summed E-state index contributed by atoms with van der Waals surface area (Å²) in [5.74, 6) is 0.999. The Morgan fingerprint density at radius 3 is 2.74 bits per heavy atom. The molecule has 0 fully saturated rings. The van der Waals surface area contributed by atoms with E-state index in [1.165, 1.54) is 0 Å². The van der Waals surface area contributed by atoms with E-state index in [9.17, 15) is 5.26 Å². The van der Waals surface area contributed by atoms with E-state index in [4.69, 9.17) is 0 Å². The standard InChI is InChI=1S/C14H22N4S/c1-3-8-18-14(2,12-15)7-4-5-11-19-13-16-9-6-10-17-13/h6,9-10,18H,3-5,7-8,11H2,1-2H3. The Bertz CT molecular complexity index is 390. The zero-order valence-electron chi connectivity index (χ0n) is 11.7. The molecular weight excluding hydrogens is 256 g/mol. The highest BCUT2D eigenvalue weighted by atomic mass is 32.2. The largest absolute Gasteiger partial charge is 0.300 e. The molecule has 0 aromatic carbocycles. The molecular formula is C14H22N4S. The van der Waals surface area contributed by atoms with Crippen LogP contribution in [0.3, 0.4) is 0 Å². The van der Waals surface area contributed by atoms with Gasteiger partial charge in [0, 0.05) is 18.1 Å². The molecule has 0 saturated carbocycles. The van der Waals surface area contributed by atoms with Gasteiger partial charge in [-0.1, -0.05) is 18.7 Å². The van der Waals surface area contributed by atoms with Gasteiger partial charge >= 0.3 is 0 Å². The summed E-state index contributed by atoms with van der Waals surface area (Å²) in [6.07, 6.45) is 7.58. The molecule has 1 heterocycles. The lowest BCUT2D eigenvalue weighted by Gasteiger charge is -2.22. The van der Waals surface area contributed by atoms with Gasteiger partial charge in [0.1, 0.15) is 5.54 Å². The fourth-order valence-electron chi connectivity index (χ4n) is 1.69. The molecule has 0 aliphatic rings. The third-order valence-corrected chi connectivity index (χ3v) is 3.82. The number of nitriles is 1. The maximum Gasteiger partial charge on any atom is 0.187 e. The van der Waals surface area contributed by atoms with Crippen LogP contribution in [0.25, 0.3) is 0 Å². The number of nitrogens with zero attached hydrogens (tertiary/aromatic N) is 3. The lowest BCUT2D eigenvalue weighted by atomic mass is 9.96. The molecule has 0 spiro atoms. The summed E-state index contributed by atoms with van der Waals surface area (Å²) in [7, 11) is 0. The van der Waals surface area contributed by atoms with Crippen molar-refractivity contribution in [2.75, 3.05) is 12.3 Å². The number of rotatable bonds is 9. The highest BCUT2D eigenvalue weighted by molar-refractivity contribution is 7.99. The van der Waals surface area contributed by atoms with Crippen molar-refractivity contribution in [1.82, 2.24) is 15.3 Å². The fourth-order valence-corrected chi connectivity index (χ4v) is 2.49. The van der Waals surface area contributed by atoms with E-state index in [1.54, 1.807) is 24.2 Å². The number of hydrogen-bond donors (Lipinski definition) is 1. The first-order valence-corrected chi connectivity index (χ1v) is 7.75. The Hall–Kier alpha value is -1.12. The van der Waals surface area contributed by atoms with Crippen molar-refractivity contribution >= 4 is 11.8 Å². The monoisotopic (exact) mass is 278 g/mol.